The minimum absolute atomic E-state index is 0.0690. The second kappa shape index (κ2) is 6.17. The highest BCUT2D eigenvalue weighted by Gasteiger charge is 2.18. The molecule has 2 N–H and O–H groups in total. The van der Waals surface area contributed by atoms with Gasteiger partial charge in [0.25, 0.3) is 0 Å². The Hall–Kier alpha value is -2.70. The highest BCUT2D eigenvalue weighted by Crippen LogP contribution is 2.27. The van der Waals surface area contributed by atoms with E-state index in [2.05, 4.69) is 4.98 Å². The highest BCUT2D eigenvalue weighted by atomic mass is 19.1. The number of pyridine rings is 1. The number of nitrogens with zero attached hydrogens (tertiary/aromatic N) is 1. The molecule has 0 saturated carbocycles. The summed E-state index contributed by atoms with van der Waals surface area (Å²) in [4.78, 5) is 15.6. The molecule has 1 aromatic carbocycles. The van der Waals surface area contributed by atoms with Crippen molar-refractivity contribution in [2.75, 3.05) is 12.3 Å². The number of hydrogen-bond acceptors (Lipinski definition) is 5. The zero-order valence-corrected chi connectivity index (χ0v) is 11.1. The minimum Gasteiger partial charge on any atom is -0.462 e. The molecule has 0 atom stereocenters. The number of nitrogens with two attached hydrogens (primary N) is 1. The first-order valence-electron chi connectivity index (χ1n) is 6.06. The van der Waals surface area contributed by atoms with Crippen LogP contribution in [0.3, 0.4) is 0 Å². The highest BCUT2D eigenvalue weighted by molar-refractivity contribution is 5.92. The molecule has 0 spiro atoms. The number of hydrogen-bond donors (Lipinski definition) is 1. The summed E-state index contributed by atoms with van der Waals surface area (Å²) in [5, 5.41) is 0. The van der Waals surface area contributed by atoms with Crippen molar-refractivity contribution in [2.24, 2.45) is 0 Å². The predicted molar refractivity (Wildman–Crippen MR) is 71.0 cm³/mol. The molecule has 1 aromatic heterocycles. The van der Waals surface area contributed by atoms with Crippen molar-refractivity contribution >= 4 is 11.7 Å². The van der Waals surface area contributed by atoms with Crippen molar-refractivity contribution in [1.82, 2.24) is 4.98 Å². The Morgan fingerprint density at radius 3 is 2.81 bits per heavy atom. The molecule has 0 bridgehead atoms. The van der Waals surface area contributed by atoms with Crippen molar-refractivity contribution in [1.29, 1.82) is 0 Å². The fraction of sp³-hybridized carbons (Fsp3) is 0.143. The lowest BCUT2D eigenvalue weighted by atomic mass is 10.2. The first kappa shape index (κ1) is 14.7. The number of benzene rings is 1. The molecule has 0 aliphatic heterocycles. The molecule has 1 heterocycles. The van der Waals surface area contributed by atoms with Gasteiger partial charge < -0.3 is 15.2 Å². The Morgan fingerprint density at radius 1 is 1.33 bits per heavy atom. The summed E-state index contributed by atoms with van der Waals surface area (Å²) in [6.07, 6.45) is 1.23. The van der Waals surface area contributed by atoms with Crippen molar-refractivity contribution in [3.05, 3.63) is 47.7 Å². The van der Waals surface area contributed by atoms with Crippen molar-refractivity contribution < 1.29 is 23.0 Å². The van der Waals surface area contributed by atoms with Crippen LogP contribution in [0.1, 0.15) is 17.3 Å². The number of halogens is 2. The van der Waals surface area contributed by atoms with Gasteiger partial charge in [0.05, 0.1) is 18.5 Å². The van der Waals surface area contributed by atoms with Crippen LogP contribution >= 0.6 is 0 Å². The van der Waals surface area contributed by atoms with Gasteiger partial charge in [-0.25, -0.2) is 18.6 Å². The molecule has 5 nitrogen and oxygen atoms in total. The molecule has 7 heteroatoms. The molecule has 0 aliphatic rings. The molecule has 0 amide bonds. The van der Waals surface area contributed by atoms with Crippen molar-refractivity contribution in [3.8, 4) is 11.6 Å². The number of esters is 1. The van der Waals surface area contributed by atoms with Crippen molar-refractivity contribution in [3.63, 3.8) is 0 Å². The average molecular weight is 294 g/mol. The number of nitrogen functional groups attached to an aromatic ring is 1. The summed E-state index contributed by atoms with van der Waals surface area (Å²) >= 11 is 0. The van der Waals surface area contributed by atoms with Gasteiger partial charge in [0, 0.05) is 6.07 Å². The lowest BCUT2D eigenvalue weighted by Crippen LogP contribution is -2.09. The normalized spacial score (nSPS) is 10.2. The third kappa shape index (κ3) is 3.44. The van der Waals surface area contributed by atoms with Gasteiger partial charge in [0.2, 0.25) is 5.88 Å². The summed E-state index contributed by atoms with van der Waals surface area (Å²) in [6, 6.07) is 4.00. The maximum atomic E-state index is 13.6. The summed E-state index contributed by atoms with van der Waals surface area (Å²) in [6.45, 7) is 1.77. The van der Waals surface area contributed by atoms with Gasteiger partial charge in [0.1, 0.15) is 11.4 Å². The van der Waals surface area contributed by atoms with E-state index in [0.29, 0.717) is 0 Å². The maximum absolute atomic E-state index is 13.6. The fourth-order valence-corrected chi connectivity index (χ4v) is 1.56. The molecule has 21 heavy (non-hydrogen) atoms. The third-order valence-corrected chi connectivity index (χ3v) is 2.47. The van der Waals surface area contributed by atoms with Crippen LogP contribution in [0.25, 0.3) is 0 Å². The van der Waals surface area contributed by atoms with Crippen LogP contribution in [-0.4, -0.2) is 17.6 Å². The Bertz CT molecular complexity index is 677. The number of rotatable bonds is 4. The van der Waals surface area contributed by atoms with Gasteiger partial charge in [-0.05, 0) is 25.1 Å². The monoisotopic (exact) mass is 294 g/mol. The first-order valence-corrected chi connectivity index (χ1v) is 6.06. The van der Waals surface area contributed by atoms with E-state index < -0.39 is 23.4 Å². The zero-order chi connectivity index (χ0) is 15.4. The first-order chi connectivity index (χ1) is 10.0. The van der Waals surface area contributed by atoms with E-state index in [1.54, 1.807) is 6.92 Å². The van der Waals surface area contributed by atoms with Crippen molar-refractivity contribution in [2.45, 2.75) is 6.92 Å². The van der Waals surface area contributed by atoms with E-state index in [1.165, 1.54) is 12.3 Å². The number of carbonyl (C=O) groups excluding carboxylic acids is 1. The summed E-state index contributed by atoms with van der Waals surface area (Å²) in [5.74, 6) is -2.79. The van der Waals surface area contributed by atoms with Crippen LogP contribution in [0.15, 0.2) is 30.5 Å². The van der Waals surface area contributed by atoms with Gasteiger partial charge >= 0.3 is 5.97 Å². The molecule has 2 rings (SSSR count). The Morgan fingerprint density at radius 2 is 2.10 bits per heavy atom. The van der Waals surface area contributed by atoms with E-state index in [-0.39, 0.29) is 23.7 Å². The minimum atomic E-state index is -0.787. The average Bonchev–Trinajstić information content (AvgIpc) is 2.45. The second-order valence-electron chi connectivity index (χ2n) is 4.02. The van der Waals surface area contributed by atoms with Gasteiger partial charge in [-0.15, -0.1) is 0 Å². The van der Waals surface area contributed by atoms with Gasteiger partial charge in [-0.1, -0.05) is 0 Å². The Balaban J connectivity index is 2.39. The molecule has 0 aliphatic carbocycles. The van der Waals surface area contributed by atoms with Crippen LogP contribution < -0.4 is 10.5 Å². The quantitative estimate of drug-likeness (QED) is 0.878. The van der Waals surface area contributed by atoms with Crippen LogP contribution in [0, 0.1) is 11.6 Å². The van der Waals surface area contributed by atoms with Crippen LogP contribution in [0.4, 0.5) is 14.5 Å². The second-order valence-corrected chi connectivity index (χ2v) is 4.02. The molecular weight excluding hydrogens is 282 g/mol. The SMILES string of the molecule is CCOC(=O)c1cc(N)cnc1Oc1cc(F)ccc1F. The fourth-order valence-electron chi connectivity index (χ4n) is 1.56. The third-order valence-electron chi connectivity index (χ3n) is 2.47. The van der Waals surface area contributed by atoms with Crippen LogP contribution in [-0.2, 0) is 4.74 Å². The lowest BCUT2D eigenvalue weighted by Gasteiger charge is -2.10. The number of carbonyl (C=O) groups is 1. The summed E-state index contributed by atoms with van der Waals surface area (Å²) < 4.78 is 36.7. The smallest absolute Gasteiger partial charge is 0.343 e. The number of anilines is 1. The van der Waals surface area contributed by atoms with Crippen LogP contribution in [0.5, 0.6) is 11.6 Å². The molecule has 0 fully saturated rings. The van der Waals surface area contributed by atoms with E-state index in [9.17, 15) is 13.6 Å². The topological polar surface area (TPSA) is 74.4 Å². The molecule has 110 valence electrons. The summed E-state index contributed by atoms with van der Waals surface area (Å²) in [5.41, 5.74) is 5.69. The maximum Gasteiger partial charge on any atom is 0.343 e. The van der Waals surface area contributed by atoms with Gasteiger partial charge in [-0.2, -0.15) is 0 Å². The lowest BCUT2D eigenvalue weighted by molar-refractivity contribution is 0.0522. The molecule has 0 radical (unpaired) electrons. The number of ether oxygens (including phenoxy) is 2. The molecule has 0 saturated heterocycles. The summed E-state index contributed by atoms with van der Waals surface area (Å²) in [7, 11) is 0. The van der Waals surface area contributed by atoms with E-state index in [0.717, 1.165) is 18.2 Å². The Labute approximate surface area is 119 Å². The van der Waals surface area contributed by atoms with E-state index in [4.69, 9.17) is 15.2 Å². The largest absolute Gasteiger partial charge is 0.462 e. The van der Waals surface area contributed by atoms with Crippen LogP contribution in [0.2, 0.25) is 0 Å². The van der Waals surface area contributed by atoms with E-state index >= 15 is 0 Å². The zero-order valence-electron chi connectivity index (χ0n) is 11.1. The molecule has 0 unspecified atom stereocenters. The standard InChI is InChI=1S/C14H12F2N2O3/c1-2-20-14(19)10-6-9(17)7-18-13(10)21-12-5-8(15)3-4-11(12)16/h3-7H,2,17H2,1H3. The Kier molecular flexibility index (Phi) is 4.32. The van der Waals surface area contributed by atoms with E-state index in [1.807, 2.05) is 0 Å². The predicted octanol–water partition coefficient (Wildman–Crippen LogP) is 2.91. The number of aromatic nitrogens is 1. The molecule has 2 aromatic rings. The van der Waals surface area contributed by atoms with Gasteiger partial charge in [0.15, 0.2) is 11.6 Å². The molecular formula is C14H12F2N2O3. The van der Waals surface area contributed by atoms with Gasteiger partial charge in [-0.3, -0.25) is 0 Å².